The van der Waals surface area contributed by atoms with Crippen molar-refractivity contribution in [1.82, 2.24) is 4.72 Å². The van der Waals surface area contributed by atoms with Crippen LogP contribution in [0.4, 0.5) is 0 Å². The van der Waals surface area contributed by atoms with Gasteiger partial charge in [0.1, 0.15) is 0 Å². The molecule has 1 aromatic carbocycles. The fourth-order valence-electron chi connectivity index (χ4n) is 1.55. The summed E-state index contributed by atoms with van der Waals surface area (Å²) in [5.74, 6) is 1.11. The van der Waals surface area contributed by atoms with Crippen molar-refractivity contribution in [2.45, 2.75) is 24.2 Å². The van der Waals surface area contributed by atoms with Crippen LogP contribution in [0, 0.1) is 11.3 Å². The average molecular weight is 298 g/mol. The van der Waals surface area contributed by atoms with Crippen LogP contribution >= 0.6 is 11.8 Å². The lowest BCUT2D eigenvalue weighted by molar-refractivity contribution is 0.576. The van der Waals surface area contributed by atoms with E-state index in [4.69, 9.17) is 5.26 Å². The molecular formula is C13H18N2O2S2. The molecule has 0 saturated heterocycles. The topological polar surface area (TPSA) is 70.0 Å². The van der Waals surface area contributed by atoms with Gasteiger partial charge in [0.15, 0.2) is 0 Å². The summed E-state index contributed by atoms with van der Waals surface area (Å²) in [5, 5.41) is 8.66. The maximum atomic E-state index is 11.9. The molecule has 1 rings (SSSR count). The summed E-state index contributed by atoms with van der Waals surface area (Å²) < 4.78 is 26.4. The first-order valence-corrected chi connectivity index (χ1v) is 8.96. The van der Waals surface area contributed by atoms with Gasteiger partial charge in [0.2, 0.25) is 10.0 Å². The predicted octanol–water partition coefficient (Wildman–Crippen LogP) is 2.37. The molecule has 0 aliphatic heterocycles. The molecule has 0 amide bonds. The minimum atomic E-state index is -3.44. The minimum absolute atomic E-state index is 0.204. The first kappa shape index (κ1) is 16.0. The molecule has 0 atom stereocenters. The van der Waals surface area contributed by atoms with E-state index in [0.717, 1.165) is 25.0 Å². The number of nitrogens with zero attached hydrogens (tertiary/aromatic N) is 1. The van der Waals surface area contributed by atoms with Gasteiger partial charge < -0.3 is 0 Å². The lowest BCUT2D eigenvalue weighted by atomic mass is 10.2. The number of sulfonamides is 1. The first-order chi connectivity index (χ1) is 9.10. The molecule has 0 aromatic heterocycles. The van der Waals surface area contributed by atoms with Gasteiger partial charge in [0.05, 0.1) is 16.5 Å². The molecule has 1 N–H and O–H groups in total. The molecule has 19 heavy (non-hydrogen) atoms. The van der Waals surface area contributed by atoms with E-state index in [2.05, 4.69) is 11.0 Å². The zero-order chi connectivity index (χ0) is 14.1. The number of benzene rings is 1. The number of unbranched alkanes of at least 4 members (excludes halogenated alkanes) is 2. The Hall–Kier alpha value is -1.03. The smallest absolute Gasteiger partial charge is 0.211 e. The summed E-state index contributed by atoms with van der Waals surface area (Å²) in [7, 11) is -3.44. The molecule has 104 valence electrons. The Labute approximate surface area is 119 Å². The standard InChI is InChI=1S/C13H18N2O2S2/c1-18-10-4-2-3-9-15-19(16,17)13-7-5-12(11-14)6-8-13/h5-8,15H,2-4,9-10H2,1H3. The van der Waals surface area contributed by atoms with E-state index in [9.17, 15) is 8.42 Å². The molecule has 0 unspecified atom stereocenters. The second kappa shape index (κ2) is 8.20. The zero-order valence-corrected chi connectivity index (χ0v) is 12.6. The summed E-state index contributed by atoms with van der Waals surface area (Å²) in [6, 6.07) is 7.88. The first-order valence-electron chi connectivity index (χ1n) is 6.09. The summed E-state index contributed by atoms with van der Waals surface area (Å²) >= 11 is 1.80. The van der Waals surface area contributed by atoms with Crippen LogP contribution < -0.4 is 4.72 Å². The Kier molecular flexibility index (Phi) is 6.92. The zero-order valence-electron chi connectivity index (χ0n) is 10.9. The summed E-state index contributed by atoms with van der Waals surface area (Å²) in [5.41, 5.74) is 0.455. The molecule has 0 bridgehead atoms. The van der Waals surface area contributed by atoms with Crippen molar-refractivity contribution in [3.63, 3.8) is 0 Å². The van der Waals surface area contributed by atoms with Crippen LogP contribution in [0.2, 0.25) is 0 Å². The molecule has 0 saturated carbocycles. The van der Waals surface area contributed by atoms with Crippen LogP contribution in [0.5, 0.6) is 0 Å². The van der Waals surface area contributed by atoms with Crippen LogP contribution in [0.3, 0.4) is 0 Å². The molecule has 6 heteroatoms. The van der Waals surface area contributed by atoms with E-state index in [1.54, 1.807) is 11.8 Å². The van der Waals surface area contributed by atoms with E-state index >= 15 is 0 Å². The fraction of sp³-hybridized carbons (Fsp3) is 0.462. The van der Waals surface area contributed by atoms with Gasteiger partial charge in [-0.1, -0.05) is 6.42 Å². The van der Waals surface area contributed by atoms with Crippen molar-refractivity contribution in [2.24, 2.45) is 0 Å². The van der Waals surface area contributed by atoms with Crippen LogP contribution in [0.1, 0.15) is 24.8 Å². The maximum absolute atomic E-state index is 11.9. The molecule has 0 aliphatic carbocycles. The third-order valence-electron chi connectivity index (χ3n) is 2.61. The van der Waals surface area contributed by atoms with Crippen LogP contribution in [-0.4, -0.2) is 27.0 Å². The van der Waals surface area contributed by atoms with Crippen molar-refractivity contribution in [3.05, 3.63) is 29.8 Å². The second-order valence-electron chi connectivity index (χ2n) is 4.09. The summed E-state index contributed by atoms with van der Waals surface area (Å²) in [4.78, 5) is 0.204. The quantitative estimate of drug-likeness (QED) is 0.748. The molecule has 0 spiro atoms. The molecule has 0 heterocycles. The Balaban J connectivity index is 2.45. The number of hydrogen-bond acceptors (Lipinski definition) is 4. The fourth-order valence-corrected chi connectivity index (χ4v) is 3.11. The Morgan fingerprint density at radius 1 is 1.21 bits per heavy atom. The van der Waals surface area contributed by atoms with E-state index in [1.807, 2.05) is 6.07 Å². The summed E-state index contributed by atoms with van der Waals surface area (Å²) in [6.07, 6.45) is 5.04. The lowest BCUT2D eigenvalue weighted by Crippen LogP contribution is -2.24. The van der Waals surface area contributed by atoms with Gasteiger partial charge in [0, 0.05) is 6.54 Å². The molecule has 0 radical (unpaired) electrons. The number of hydrogen-bond donors (Lipinski definition) is 1. The van der Waals surface area contributed by atoms with E-state index in [1.165, 1.54) is 24.3 Å². The van der Waals surface area contributed by atoms with Crippen molar-refractivity contribution >= 4 is 21.8 Å². The van der Waals surface area contributed by atoms with Crippen molar-refractivity contribution in [1.29, 1.82) is 5.26 Å². The SMILES string of the molecule is CSCCCCCNS(=O)(=O)c1ccc(C#N)cc1. The normalized spacial score (nSPS) is 11.2. The Morgan fingerprint density at radius 2 is 1.89 bits per heavy atom. The van der Waals surface area contributed by atoms with Gasteiger partial charge in [-0.05, 0) is 49.1 Å². The highest BCUT2D eigenvalue weighted by molar-refractivity contribution is 7.98. The summed E-state index contributed by atoms with van der Waals surface area (Å²) in [6.45, 7) is 0.455. The number of nitriles is 1. The molecule has 1 aromatic rings. The third-order valence-corrected chi connectivity index (χ3v) is 4.78. The second-order valence-corrected chi connectivity index (χ2v) is 6.84. The van der Waals surface area contributed by atoms with Gasteiger partial charge in [-0.15, -0.1) is 0 Å². The Bertz CT molecular complexity index is 519. The number of thioether (sulfide) groups is 1. The molecular weight excluding hydrogens is 280 g/mol. The maximum Gasteiger partial charge on any atom is 0.240 e. The van der Waals surface area contributed by atoms with Crippen LogP contribution in [0.25, 0.3) is 0 Å². The van der Waals surface area contributed by atoms with Crippen molar-refractivity contribution < 1.29 is 8.42 Å². The predicted molar refractivity (Wildman–Crippen MR) is 78.6 cm³/mol. The van der Waals surface area contributed by atoms with E-state index in [0.29, 0.717) is 12.1 Å². The van der Waals surface area contributed by atoms with Gasteiger partial charge in [-0.2, -0.15) is 17.0 Å². The monoisotopic (exact) mass is 298 g/mol. The van der Waals surface area contributed by atoms with E-state index in [-0.39, 0.29) is 4.90 Å². The third kappa shape index (κ3) is 5.64. The number of rotatable bonds is 8. The van der Waals surface area contributed by atoms with Gasteiger partial charge >= 0.3 is 0 Å². The van der Waals surface area contributed by atoms with Gasteiger partial charge in [-0.3, -0.25) is 0 Å². The highest BCUT2D eigenvalue weighted by Gasteiger charge is 2.12. The Morgan fingerprint density at radius 3 is 2.47 bits per heavy atom. The average Bonchev–Trinajstić information content (AvgIpc) is 2.43. The molecule has 0 fully saturated rings. The van der Waals surface area contributed by atoms with Crippen LogP contribution in [-0.2, 0) is 10.0 Å². The highest BCUT2D eigenvalue weighted by Crippen LogP contribution is 2.10. The number of nitrogens with one attached hydrogen (secondary N) is 1. The largest absolute Gasteiger partial charge is 0.240 e. The van der Waals surface area contributed by atoms with Crippen molar-refractivity contribution in [2.75, 3.05) is 18.6 Å². The molecule has 4 nitrogen and oxygen atoms in total. The van der Waals surface area contributed by atoms with E-state index < -0.39 is 10.0 Å². The van der Waals surface area contributed by atoms with Crippen LogP contribution in [0.15, 0.2) is 29.2 Å². The van der Waals surface area contributed by atoms with Crippen molar-refractivity contribution in [3.8, 4) is 6.07 Å². The molecule has 0 aliphatic rings. The van der Waals surface area contributed by atoms with Gasteiger partial charge in [-0.25, -0.2) is 13.1 Å². The van der Waals surface area contributed by atoms with Gasteiger partial charge in [0.25, 0.3) is 0 Å². The lowest BCUT2D eigenvalue weighted by Gasteiger charge is -2.06. The highest BCUT2D eigenvalue weighted by atomic mass is 32.2. The minimum Gasteiger partial charge on any atom is -0.211 e.